The van der Waals surface area contributed by atoms with Gasteiger partial charge in [0.15, 0.2) is 0 Å². The van der Waals surface area contributed by atoms with Crippen LogP contribution in [0.15, 0.2) is 12.0 Å². The van der Waals surface area contributed by atoms with Gasteiger partial charge in [0.05, 0.1) is 5.41 Å². The van der Waals surface area contributed by atoms with E-state index in [1.807, 2.05) is 0 Å². The summed E-state index contributed by atoms with van der Waals surface area (Å²) in [6, 6.07) is 0. The van der Waals surface area contributed by atoms with Crippen LogP contribution in [0.4, 0.5) is 0 Å². The summed E-state index contributed by atoms with van der Waals surface area (Å²) >= 11 is 0. The van der Waals surface area contributed by atoms with E-state index in [4.69, 9.17) is 4.55 Å². The third-order valence-corrected chi connectivity index (χ3v) is 0.632. The van der Waals surface area contributed by atoms with Gasteiger partial charge in [-0.15, -0.1) is 0 Å². The van der Waals surface area contributed by atoms with Gasteiger partial charge >= 0.3 is 18.9 Å². The molecule has 0 aliphatic rings. The zero-order valence-corrected chi connectivity index (χ0v) is 3.77. The van der Waals surface area contributed by atoms with Gasteiger partial charge in [-0.2, -0.15) is 8.42 Å². The molecule has 7 heavy (non-hydrogen) atoms. The molecule has 5 heteroatoms. The van der Waals surface area contributed by atoms with E-state index >= 15 is 0 Å². The van der Waals surface area contributed by atoms with Gasteiger partial charge in [0, 0.05) is 0 Å². The Bertz CT molecular complexity index is 123. The van der Waals surface area contributed by atoms with E-state index in [1.165, 1.54) is 0 Å². The zero-order chi connectivity index (χ0) is 5.21. The van der Waals surface area contributed by atoms with E-state index in [9.17, 15) is 8.42 Å². The van der Waals surface area contributed by atoms with Crippen LogP contribution in [0.2, 0.25) is 0 Å². The Morgan fingerprint density at radius 1 is 1.57 bits per heavy atom. The minimum absolute atomic E-state index is 0. The molecule has 0 aliphatic heterocycles. The van der Waals surface area contributed by atoms with E-state index in [1.54, 1.807) is 0 Å². The second-order valence-electron chi connectivity index (χ2n) is 0.682. The third-order valence-electron chi connectivity index (χ3n) is 0.211. The van der Waals surface area contributed by atoms with Crippen molar-refractivity contribution in [3.8, 4) is 0 Å². The fourth-order valence-corrected chi connectivity index (χ4v) is 0. The summed E-state index contributed by atoms with van der Waals surface area (Å²) in [5.74, 6) is 0. The van der Waals surface area contributed by atoms with Crippen molar-refractivity contribution in [3.63, 3.8) is 0 Å². The average Bonchev–Trinajstić information content (AvgIpc) is 1.35. The van der Waals surface area contributed by atoms with Crippen LogP contribution in [0.1, 0.15) is 0 Å². The van der Waals surface area contributed by atoms with Crippen molar-refractivity contribution in [3.05, 3.63) is 12.0 Å². The normalized spacial score (nSPS) is 9.29. The molecule has 0 aromatic rings. The average molecular weight is 116 g/mol. The quantitative estimate of drug-likeness (QED) is 0.366. The van der Waals surface area contributed by atoms with Crippen molar-refractivity contribution in [2.75, 3.05) is 0 Å². The molecule has 0 spiro atoms. The van der Waals surface area contributed by atoms with Crippen LogP contribution in [0.5, 0.6) is 0 Å². The minimum atomic E-state index is -3.90. The molecule has 0 aromatic heterocycles. The van der Waals surface area contributed by atoms with Crippen LogP contribution in [0.3, 0.4) is 0 Å². The van der Waals surface area contributed by atoms with Crippen molar-refractivity contribution in [2.45, 2.75) is 0 Å². The van der Waals surface area contributed by atoms with Gasteiger partial charge in [-0.1, -0.05) is 6.58 Å². The van der Waals surface area contributed by atoms with Crippen LogP contribution in [-0.4, -0.2) is 31.8 Å². The maximum absolute atomic E-state index is 9.44. The van der Waals surface area contributed by atoms with Gasteiger partial charge in [-0.05, 0) is 0 Å². The zero-order valence-electron chi connectivity index (χ0n) is 2.96. The van der Waals surface area contributed by atoms with Crippen LogP contribution < -0.4 is 0 Å². The molecule has 1 N–H and O–H groups in total. The summed E-state index contributed by atoms with van der Waals surface area (Å²) in [5.41, 5.74) is 0. The van der Waals surface area contributed by atoms with Crippen molar-refractivity contribution in [2.24, 2.45) is 0 Å². The van der Waals surface area contributed by atoms with E-state index in [0.717, 1.165) is 0 Å². The van der Waals surface area contributed by atoms with E-state index in [-0.39, 0.29) is 18.9 Å². The van der Waals surface area contributed by atoms with Gasteiger partial charge in [-0.3, -0.25) is 4.55 Å². The van der Waals surface area contributed by atoms with Gasteiger partial charge in [-0.25, -0.2) is 0 Å². The van der Waals surface area contributed by atoms with E-state index in [0.29, 0.717) is 5.41 Å². The molecule has 3 nitrogen and oxygen atoms in total. The first-order chi connectivity index (χ1) is 2.56. The van der Waals surface area contributed by atoms with Crippen molar-refractivity contribution in [1.82, 2.24) is 0 Å². The van der Waals surface area contributed by atoms with Gasteiger partial charge in [0.25, 0.3) is 10.1 Å². The Balaban J connectivity index is 0. The van der Waals surface area contributed by atoms with Gasteiger partial charge < -0.3 is 0 Å². The van der Waals surface area contributed by atoms with Crippen molar-refractivity contribution < 1.29 is 13.0 Å². The number of rotatable bonds is 1. The molecule has 0 radical (unpaired) electrons. The van der Waals surface area contributed by atoms with Crippen LogP contribution in [-0.2, 0) is 10.1 Å². The maximum atomic E-state index is 9.44. The summed E-state index contributed by atoms with van der Waals surface area (Å²) in [6.45, 7) is 2.79. The standard InChI is InChI=1S/C2H4O3S.Li.H/c1-2-6(3,4)5;;/h2H,1H2,(H,3,4,5);;. The summed E-state index contributed by atoms with van der Waals surface area (Å²) in [4.78, 5) is 0. The summed E-state index contributed by atoms with van der Waals surface area (Å²) < 4.78 is 26.6. The molecule has 0 saturated heterocycles. The van der Waals surface area contributed by atoms with Crippen molar-refractivity contribution >= 4 is 29.0 Å². The molecule has 0 saturated carbocycles. The summed E-state index contributed by atoms with van der Waals surface area (Å²) in [6.07, 6.45) is 0. The Hall–Kier alpha value is 0.247. The van der Waals surface area contributed by atoms with Crippen LogP contribution in [0, 0.1) is 0 Å². The summed E-state index contributed by atoms with van der Waals surface area (Å²) in [5, 5.41) is 0.465. The van der Waals surface area contributed by atoms with Gasteiger partial charge in [0.2, 0.25) is 0 Å². The first-order valence-electron chi connectivity index (χ1n) is 1.16. The van der Waals surface area contributed by atoms with Crippen LogP contribution in [0.25, 0.3) is 0 Å². The third kappa shape index (κ3) is 10.7. The summed E-state index contributed by atoms with van der Waals surface area (Å²) in [7, 11) is -3.90. The Kier molecular flexibility index (Phi) is 4.81. The molecule has 0 aromatic carbocycles. The Morgan fingerprint density at radius 3 is 1.71 bits per heavy atom. The molecule has 0 atom stereocenters. The first-order valence-corrected chi connectivity index (χ1v) is 2.66. The molecular weight excluding hydrogens is 111 g/mol. The first kappa shape index (κ1) is 10.3. The predicted molar refractivity (Wildman–Crippen MR) is 28.9 cm³/mol. The molecule has 0 bridgehead atoms. The Morgan fingerprint density at radius 2 is 1.71 bits per heavy atom. The molecule has 0 aliphatic carbocycles. The number of hydrogen-bond acceptors (Lipinski definition) is 2. The van der Waals surface area contributed by atoms with Crippen molar-refractivity contribution in [1.29, 1.82) is 0 Å². The SMILES string of the molecule is C=CS(=O)(=O)O.[LiH]. The van der Waals surface area contributed by atoms with E-state index in [2.05, 4.69) is 6.58 Å². The predicted octanol–water partition coefficient (Wildman–Crippen LogP) is -0.631. The molecule has 38 valence electrons. The molecular formula is C2H5LiO3S. The molecule has 0 rings (SSSR count). The fourth-order valence-electron chi connectivity index (χ4n) is 0. The molecule has 0 fully saturated rings. The topological polar surface area (TPSA) is 54.4 Å². The molecule has 0 heterocycles. The fraction of sp³-hybridized carbons (Fsp3) is 0. The molecule has 0 unspecified atom stereocenters. The Labute approximate surface area is 54.3 Å². The van der Waals surface area contributed by atoms with Gasteiger partial charge in [0.1, 0.15) is 0 Å². The van der Waals surface area contributed by atoms with Crippen LogP contribution >= 0.6 is 0 Å². The second-order valence-corrected chi connectivity index (χ2v) is 2.04. The monoisotopic (exact) mass is 116 g/mol. The second kappa shape index (κ2) is 3.28. The van der Waals surface area contributed by atoms with E-state index < -0.39 is 10.1 Å². The molecule has 0 amide bonds. The number of hydrogen-bond donors (Lipinski definition) is 1.